The molecule has 0 atom stereocenters. The Morgan fingerprint density at radius 1 is 1.07 bits per heavy atom. The molecule has 2 aromatic carbocycles. The molecule has 1 amide bonds. The molecule has 0 aliphatic heterocycles. The smallest absolute Gasteiger partial charge is 0.325 e. The zero-order valence-electron chi connectivity index (χ0n) is 13.7. The minimum atomic E-state index is -4.58. The molecule has 146 valence electrons. The first-order chi connectivity index (χ1) is 12.4. The predicted molar refractivity (Wildman–Crippen MR) is 96.4 cm³/mol. The quantitative estimate of drug-likeness (QED) is 0.754. The van der Waals surface area contributed by atoms with E-state index in [2.05, 4.69) is 5.32 Å². The van der Waals surface area contributed by atoms with Gasteiger partial charge in [0.1, 0.15) is 0 Å². The molecule has 5 nitrogen and oxygen atoms in total. The lowest BCUT2D eigenvalue weighted by Crippen LogP contribution is -2.35. The Balaban J connectivity index is 2.10. The summed E-state index contributed by atoms with van der Waals surface area (Å²) >= 11 is 11.6. The fourth-order valence-corrected chi connectivity index (χ4v) is 3.48. The lowest BCUT2D eigenvalue weighted by Gasteiger charge is -2.17. The maximum atomic E-state index is 12.6. The molecule has 0 unspecified atom stereocenters. The van der Waals surface area contributed by atoms with Crippen molar-refractivity contribution >= 4 is 44.8 Å². The van der Waals surface area contributed by atoms with Gasteiger partial charge in [-0.2, -0.15) is 17.5 Å². The fourth-order valence-electron chi connectivity index (χ4n) is 2.06. The minimum Gasteiger partial charge on any atom is -0.325 e. The molecule has 0 aliphatic carbocycles. The number of likely N-dealkylation sites (N-methyl/N-ethyl adjacent to an activating group) is 1. The molecule has 1 N–H and O–H groups in total. The van der Waals surface area contributed by atoms with Crippen molar-refractivity contribution in [3.8, 4) is 0 Å². The fraction of sp³-hybridized carbons (Fsp3) is 0.188. The maximum Gasteiger partial charge on any atom is 0.416 e. The average Bonchev–Trinajstić information content (AvgIpc) is 2.57. The Kier molecular flexibility index (Phi) is 6.41. The van der Waals surface area contributed by atoms with Gasteiger partial charge in [-0.15, -0.1) is 0 Å². The van der Waals surface area contributed by atoms with Crippen LogP contribution in [-0.2, 0) is 21.0 Å². The van der Waals surface area contributed by atoms with Crippen LogP contribution < -0.4 is 5.32 Å². The van der Waals surface area contributed by atoms with E-state index in [1.165, 1.54) is 18.2 Å². The van der Waals surface area contributed by atoms with Crippen LogP contribution in [-0.4, -0.2) is 32.2 Å². The number of nitrogens with zero attached hydrogens (tertiary/aromatic N) is 1. The molecule has 0 radical (unpaired) electrons. The van der Waals surface area contributed by atoms with Crippen LogP contribution in [0.3, 0.4) is 0 Å². The summed E-state index contributed by atoms with van der Waals surface area (Å²) in [6.07, 6.45) is -4.58. The van der Waals surface area contributed by atoms with E-state index >= 15 is 0 Å². The number of rotatable bonds is 5. The van der Waals surface area contributed by atoms with E-state index in [0.29, 0.717) is 17.8 Å². The van der Waals surface area contributed by atoms with Crippen molar-refractivity contribution in [1.82, 2.24) is 4.31 Å². The van der Waals surface area contributed by atoms with Crippen LogP contribution in [0.2, 0.25) is 10.0 Å². The molecule has 0 saturated heterocycles. The average molecular weight is 441 g/mol. The van der Waals surface area contributed by atoms with Gasteiger partial charge < -0.3 is 5.32 Å². The number of anilines is 1. The van der Waals surface area contributed by atoms with Gasteiger partial charge in [0.2, 0.25) is 15.9 Å². The number of nitrogens with one attached hydrogen (secondary N) is 1. The van der Waals surface area contributed by atoms with Crippen molar-refractivity contribution in [2.24, 2.45) is 0 Å². The lowest BCUT2D eigenvalue weighted by molar-refractivity contribution is -0.137. The number of carbonyl (C=O) groups is 1. The highest BCUT2D eigenvalue weighted by Crippen LogP contribution is 2.30. The standard InChI is InChI=1S/C16H13Cl2F3N2O3S/c1-23(9-15(24)22-11-4-7-13(17)14(18)8-11)27(25,26)12-5-2-10(3-6-12)16(19,20)21/h2-8H,9H2,1H3,(H,22,24). The van der Waals surface area contributed by atoms with E-state index in [4.69, 9.17) is 23.2 Å². The first-order valence-electron chi connectivity index (χ1n) is 7.30. The normalized spacial score (nSPS) is 12.3. The van der Waals surface area contributed by atoms with Crippen molar-refractivity contribution in [3.05, 3.63) is 58.1 Å². The Bertz CT molecular complexity index is 948. The highest BCUT2D eigenvalue weighted by atomic mass is 35.5. The van der Waals surface area contributed by atoms with Gasteiger partial charge in [0.25, 0.3) is 0 Å². The van der Waals surface area contributed by atoms with Crippen LogP contribution in [0.15, 0.2) is 47.4 Å². The zero-order valence-corrected chi connectivity index (χ0v) is 16.0. The number of hydrogen-bond acceptors (Lipinski definition) is 3. The highest BCUT2D eigenvalue weighted by Gasteiger charge is 2.31. The third kappa shape index (κ3) is 5.35. The molecular weight excluding hydrogens is 428 g/mol. The third-order valence-electron chi connectivity index (χ3n) is 3.46. The second-order valence-electron chi connectivity index (χ2n) is 5.46. The van der Waals surface area contributed by atoms with Crippen molar-refractivity contribution in [2.75, 3.05) is 18.9 Å². The summed E-state index contributed by atoms with van der Waals surface area (Å²) in [4.78, 5) is 11.7. The van der Waals surface area contributed by atoms with Gasteiger partial charge in [0, 0.05) is 12.7 Å². The SMILES string of the molecule is CN(CC(=O)Nc1ccc(Cl)c(Cl)c1)S(=O)(=O)c1ccc(C(F)(F)F)cc1. The van der Waals surface area contributed by atoms with E-state index in [1.807, 2.05) is 0 Å². The number of alkyl halides is 3. The van der Waals surface area contributed by atoms with Crippen molar-refractivity contribution in [3.63, 3.8) is 0 Å². The van der Waals surface area contributed by atoms with Gasteiger partial charge in [0.15, 0.2) is 0 Å². The zero-order chi connectivity index (χ0) is 20.4. The van der Waals surface area contributed by atoms with E-state index in [-0.39, 0.29) is 14.9 Å². The minimum absolute atomic E-state index is 0.209. The Hall–Kier alpha value is -1.81. The van der Waals surface area contributed by atoms with Crippen LogP contribution in [0.25, 0.3) is 0 Å². The summed E-state index contributed by atoms with van der Waals surface area (Å²) in [5, 5.41) is 2.95. The number of carbonyl (C=O) groups excluding carboxylic acids is 1. The van der Waals surface area contributed by atoms with Gasteiger partial charge in [0.05, 0.1) is 27.0 Å². The predicted octanol–water partition coefficient (Wildman–Crippen LogP) is 4.27. The Labute approximate surface area is 163 Å². The van der Waals surface area contributed by atoms with Gasteiger partial charge in [-0.25, -0.2) is 8.42 Å². The number of amides is 1. The Morgan fingerprint density at radius 3 is 2.19 bits per heavy atom. The molecule has 0 aromatic heterocycles. The molecule has 27 heavy (non-hydrogen) atoms. The summed E-state index contributed by atoms with van der Waals surface area (Å²) in [5.74, 6) is -0.661. The molecule has 11 heteroatoms. The number of benzene rings is 2. The van der Waals surface area contributed by atoms with Crippen LogP contribution >= 0.6 is 23.2 Å². The van der Waals surface area contributed by atoms with Crippen LogP contribution in [0.4, 0.5) is 18.9 Å². The summed E-state index contributed by atoms with van der Waals surface area (Å²) < 4.78 is 63.3. The molecule has 0 spiro atoms. The van der Waals surface area contributed by atoms with Gasteiger partial charge >= 0.3 is 6.18 Å². The van der Waals surface area contributed by atoms with E-state index in [1.54, 1.807) is 0 Å². The molecule has 0 fully saturated rings. The van der Waals surface area contributed by atoms with E-state index < -0.39 is 34.2 Å². The van der Waals surface area contributed by atoms with Gasteiger partial charge in [-0.3, -0.25) is 4.79 Å². The van der Waals surface area contributed by atoms with Crippen LogP contribution in [0, 0.1) is 0 Å². The van der Waals surface area contributed by atoms with E-state index in [9.17, 15) is 26.4 Å². The van der Waals surface area contributed by atoms with Crippen LogP contribution in [0.1, 0.15) is 5.56 Å². The van der Waals surface area contributed by atoms with E-state index in [0.717, 1.165) is 23.5 Å². The summed E-state index contributed by atoms with van der Waals surface area (Å²) in [7, 11) is -3.01. The largest absolute Gasteiger partial charge is 0.416 e. The van der Waals surface area contributed by atoms with Gasteiger partial charge in [-0.05, 0) is 42.5 Å². The number of halogens is 5. The van der Waals surface area contributed by atoms with Crippen LogP contribution in [0.5, 0.6) is 0 Å². The summed E-state index contributed by atoms with van der Waals surface area (Å²) in [6, 6.07) is 7.34. The maximum absolute atomic E-state index is 12.6. The molecule has 0 aliphatic rings. The second-order valence-corrected chi connectivity index (χ2v) is 8.32. The van der Waals surface area contributed by atoms with Gasteiger partial charge in [-0.1, -0.05) is 23.2 Å². The van der Waals surface area contributed by atoms with Crippen molar-refractivity contribution < 1.29 is 26.4 Å². The topological polar surface area (TPSA) is 66.5 Å². The monoisotopic (exact) mass is 440 g/mol. The number of hydrogen-bond donors (Lipinski definition) is 1. The lowest BCUT2D eigenvalue weighted by atomic mass is 10.2. The third-order valence-corrected chi connectivity index (χ3v) is 6.02. The number of sulfonamides is 1. The van der Waals surface area contributed by atoms with Crippen molar-refractivity contribution in [1.29, 1.82) is 0 Å². The first kappa shape index (κ1) is 21.5. The Morgan fingerprint density at radius 2 is 1.67 bits per heavy atom. The summed E-state index contributed by atoms with van der Waals surface area (Å²) in [5.41, 5.74) is -0.656. The molecule has 0 saturated carbocycles. The second kappa shape index (κ2) is 8.05. The van der Waals surface area contributed by atoms with Crippen molar-refractivity contribution in [2.45, 2.75) is 11.1 Å². The molecular formula is C16H13Cl2F3N2O3S. The molecule has 0 bridgehead atoms. The summed E-state index contributed by atoms with van der Waals surface area (Å²) in [6.45, 7) is -0.552. The molecule has 2 rings (SSSR count). The first-order valence-corrected chi connectivity index (χ1v) is 9.49. The molecule has 0 heterocycles. The molecule has 2 aromatic rings. The highest BCUT2D eigenvalue weighted by molar-refractivity contribution is 7.89.